The van der Waals surface area contributed by atoms with Gasteiger partial charge in [0, 0.05) is 25.7 Å². The van der Waals surface area contributed by atoms with Gasteiger partial charge in [-0.05, 0) is 6.92 Å². The molecule has 0 bridgehead atoms. The number of nitrogen functional groups attached to an aromatic ring is 1. The van der Waals surface area contributed by atoms with Crippen molar-refractivity contribution in [3.05, 3.63) is 6.20 Å². The van der Waals surface area contributed by atoms with E-state index < -0.39 is 0 Å². The van der Waals surface area contributed by atoms with Gasteiger partial charge >= 0.3 is 0 Å². The zero-order chi connectivity index (χ0) is 11.8. The Labute approximate surface area is 98.4 Å². The van der Waals surface area contributed by atoms with E-state index in [-0.39, 0.29) is 5.95 Å². The van der Waals surface area contributed by atoms with Crippen molar-refractivity contribution >= 4 is 22.8 Å². The molecule has 0 amide bonds. The number of fused-ring (bicyclic) bond motifs is 1. The summed E-state index contributed by atoms with van der Waals surface area (Å²) in [4.78, 5) is 10.7. The number of nitrogens with one attached hydrogen (secondary N) is 2. The van der Waals surface area contributed by atoms with Crippen LogP contribution in [0.25, 0.3) is 11.0 Å². The molecule has 0 saturated carbocycles. The lowest BCUT2D eigenvalue weighted by molar-refractivity contribution is 0.498. The summed E-state index contributed by atoms with van der Waals surface area (Å²) in [5.41, 5.74) is 6.42. The fourth-order valence-electron chi connectivity index (χ4n) is 2.21. The Morgan fingerprint density at radius 1 is 1.47 bits per heavy atom. The second-order valence-electron chi connectivity index (χ2n) is 4.28. The Bertz CT molecular complexity index is 534. The first-order valence-corrected chi connectivity index (χ1v) is 5.69. The van der Waals surface area contributed by atoms with E-state index in [1.807, 2.05) is 0 Å². The second-order valence-corrected chi connectivity index (χ2v) is 4.28. The number of H-pyrrole nitrogens is 1. The lowest BCUT2D eigenvalue weighted by atomic mass is 10.2. The van der Waals surface area contributed by atoms with E-state index in [2.05, 4.69) is 37.3 Å². The molecule has 0 aromatic carbocycles. The van der Waals surface area contributed by atoms with Gasteiger partial charge in [0.15, 0.2) is 5.65 Å². The number of aromatic nitrogens is 4. The summed E-state index contributed by atoms with van der Waals surface area (Å²) in [6.07, 6.45) is 1.75. The van der Waals surface area contributed by atoms with E-state index in [4.69, 9.17) is 5.73 Å². The molecule has 1 atom stereocenters. The highest BCUT2D eigenvalue weighted by atomic mass is 15.3. The molecule has 1 aliphatic heterocycles. The third-order valence-corrected chi connectivity index (χ3v) is 3.08. The van der Waals surface area contributed by atoms with Crippen molar-refractivity contribution in [2.24, 2.45) is 0 Å². The molecular formula is C10H15N7. The van der Waals surface area contributed by atoms with E-state index >= 15 is 0 Å². The molecule has 2 aromatic rings. The Morgan fingerprint density at radius 2 is 2.35 bits per heavy atom. The van der Waals surface area contributed by atoms with Crippen LogP contribution in [0.5, 0.6) is 0 Å². The van der Waals surface area contributed by atoms with Crippen LogP contribution < -0.4 is 16.0 Å². The third kappa shape index (κ3) is 1.68. The van der Waals surface area contributed by atoms with Gasteiger partial charge in [-0.3, -0.25) is 5.10 Å². The largest absolute Gasteiger partial charge is 0.368 e. The molecule has 2 aromatic heterocycles. The van der Waals surface area contributed by atoms with Gasteiger partial charge in [0.1, 0.15) is 5.82 Å². The molecule has 0 radical (unpaired) electrons. The van der Waals surface area contributed by atoms with Gasteiger partial charge in [-0.25, -0.2) is 0 Å². The fourth-order valence-corrected chi connectivity index (χ4v) is 2.21. The van der Waals surface area contributed by atoms with Crippen LogP contribution in [-0.2, 0) is 0 Å². The lowest BCUT2D eigenvalue weighted by Crippen LogP contribution is -2.50. The minimum Gasteiger partial charge on any atom is -0.368 e. The highest BCUT2D eigenvalue weighted by Gasteiger charge is 2.22. The number of nitrogens with zero attached hydrogens (tertiary/aromatic N) is 4. The number of hydrogen-bond donors (Lipinski definition) is 3. The average molecular weight is 233 g/mol. The Balaban J connectivity index is 2.11. The maximum Gasteiger partial charge on any atom is 0.224 e. The van der Waals surface area contributed by atoms with Gasteiger partial charge in [0.2, 0.25) is 5.95 Å². The molecule has 1 aliphatic rings. The number of anilines is 2. The fraction of sp³-hybridized carbons (Fsp3) is 0.500. The Morgan fingerprint density at radius 3 is 3.18 bits per heavy atom. The molecule has 3 rings (SSSR count). The zero-order valence-corrected chi connectivity index (χ0v) is 9.64. The van der Waals surface area contributed by atoms with Crippen LogP contribution in [0.1, 0.15) is 6.92 Å². The molecule has 4 N–H and O–H groups in total. The normalized spacial score (nSPS) is 21.0. The number of piperazine rings is 1. The van der Waals surface area contributed by atoms with Gasteiger partial charge in [-0.2, -0.15) is 15.1 Å². The predicted molar refractivity (Wildman–Crippen MR) is 65.8 cm³/mol. The molecule has 0 aliphatic carbocycles. The van der Waals surface area contributed by atoms with E-state index in [0.29, 0.717) is 11.7 Å². The molecule has 1 saturated heterocycles. The topological polar surface area (TPSA) is 95.7 Å². The van der Waals surface area contributed by atoms with E-state index in [1.54, 1.807) is 6.20 Å². The first kappa shape index (κ1) is 10.3. The van der Waals surface area contributed by atoms with Crippen molar-refractivity contribution < 1.29 is 0 Å². The summed E-state index contributed by atoms with van der Waals surface area (Å²) >= 11 is 0. The highest BCUT2D eigenvalue weighted by Crippen LogP contribution is 2.25. The lowest BCUT2D eigenvalue weighted by Gasteiger charge is -2.35. The Kier molecular flexibility index (Phi) is 2.32. The summed E-state index contributed by atoms with van der Waals surface area (Å²) in [7, 11) is 0. The predicted octanol–water partition coefficient (Wildman–Crippen LogP) is -0.267. The van der Waals surface area contributed by atoms with Crippen LogP contribution in [0.2, 0.25) is 0 Å². The maximum absolute atomic E-state index is 5.72. The number of aromatic amines is 1. The molecule has 1 unspecified atom stereocenters. The summed E-state index contributed by atoms with van der Waals surface area (Å²) in [5.74, 6) is 1.15. The maximum atomic E-state index is 5.72. The minimum atomic E-state index is 0.280. The van der Waals surface area contributed by atoms with Gasteiger partial charge in [-0.1, -0.05) is 0 Å². The van der Waals surface area contributed by atoms with E-state index in [1.165, 1.54) is 0 Å². The SMILES string of the molecule is CC1CNCCN1c1nc(N)nc2[nH]ncc12. The smallest absolute Gasteiger partial charge is 0.224 e. The van der Waals surface area contributed by atoms with Crippen LogP contribution in [0.15, 0.2) is 6.20 Å². The molecule has 7 nitrogen and oxygen atoms in total. The number of hydrogen-bond acceptors (Lipinski definition) is 6. The summed E-state index contributed by atoms with van der Waals surface area (Å²) in [5, 5.41) is 11.1. The zero-order valence-electron chi connectivity index (χ0n) is 9.64. The van der Waals surface area contributed by atoms with Crippen molar-refractivity contribution in [1.82, 2.24) is 25.5 Å². The van der Waals surface area contributed by atoms with Crippen LogP contribution in [0, 0.1) is 0 Å². The molecule has 1 fully saturated rings. The average Bonchev–Trinajstić information content (AvgIpc) is 2.76. The van der Waals surface area contributed by atoms with Crippen molar-refractivity contribution in [1.29, 1.82) is 0 Å². The molecule has 3 heterocycles. The van der Waals surface area contributed by atoms with Gasteiger partial charge in [-0.15, -0.1) is 0 Å². The Hall–Kier alpha value is -1.89. The number of nitrogens with two attached hydrogens (primary N) is 1. The second kappa shape index (κ2) is 3.85. The monoisotopic (exact) mass is 233 g/mol. The van der Waals surface area contributed by atoms with Crippen LogP contribution >= 0.6 is 0 Å². The van der Waals surface area contributed by atoms with Crippen LogP contribution in [-0.4, -0.2) is 45.8 Å². The van der Waals surface area contributed by atoms with Crippen molar-refractivity contribution in [3.63, 3.8) is 0 Å². The van der Waals surface area contributed by atoms with Gasteiger partial charge in [0.05, 0.1) is 11.6 Å². The van der Waals surface area contributed by atoms with Crippen molar-refractivity contribution in [3.8, 4) is 0 Å². The first-order valence-electron chi connectivity index (χ1n) is 5.69. The quantitative estimate of drug-likeness (QED) is 0.627. The molecule has 90 valence electrons. The summed E-state index contributed by atoms with van der Waals surface area (Å²) < 4.78 is 0. The summed E-state index contributed by atoms with van der Waals surface area (Å²) in [6.45, 7) is 4.98. The summed E-state index contributed by atoms with van der Waals surface area (Å²) in [6, 6.07) is 0.385. The van der Waals surface area contributed by atoms with Crippen molar-refractivity contribution in [2.75, 3.05) is 30.3 Å². The third-order valence-electron chi connectivity index (χ3n) is 3.08. The molecule has 17 heavy (non-hydrogen) atoms. The molecule has 0 spiro atoms. The van der Waals surface area contributed by atoms with Crippen LogP contribution in [0.4, 0.5) is 11.8 Å². The molecular weight excluding hydrogens is 218 g/mol. The van der Waals surface area contributed by atoms with Crippen molar-refractivity contribution in [2.45, 2.75) is 13.0 Å². The van der Waals surface area contributed by atoms with E-state index in [9.17, 15) is 0 Å². The van der Waals surface area contributed by atoms with Gasteiger partial charge < -0.3 is 16.0 Å². The minimum absolute atomic E-state index is 0.280. The highest BCUT2D eigenvalue weighted by molar-refractivity contribution is 5.87. The van der Waals surface area contributed by atoms with E-state index in [0.717, 1.165) is 30.8 Å². The molecule has 7 heteroatoms. The van der Waals surface area contributed by atoms with Gasteiger partial charge in [0.25, 0.3) is 0 Å². The van der Waals surface area contributed by atoms with Crippen LogP contribution in [0.3, 0.4) is 0 Å². The standard InChI is InChI=1S/C10H15N7/c1-6-4-12-2-3-17(6)9-7-5-13-16-8(7)14-10(11)15-9/h5-6,12H,2-4H2,1H3,(H3,11,13,14,15,16). The first-order chi connectivity index (χ1) is 8.25. The number of rotatable bonds is 1.